The highest BCUT2D eigenvalue weighted by Gasteiger charge is 2.49. The molecule has 0 atom stereocenters. The van der Waals surface area contributed by atoms with E-state index in [1.807, 2.05) is 0 Å². The Hall–Kier alpha value is -3.35. The van der Waals surface area contributed by atoms with Gasteiger partial charge in [-0.05, 0) is 48.5 Å². The molecule has 1 saturated heterocycles. The molecular weight excluding hydrogens is 487 g/mol. The van der Waals surface area contributed by atoms with Crippen LogP contribution in [0.3, 0.4) is 0 Å². The predicted octanol–water partition coefficient (Wildman–Crippen LogP) is 1.86. The van der Waals surface area contributed by atoms with Crippen LogP contribution in [0.15, 0.2) is 59.6 Å². The van der Waals surface area contributed by atoms with Crippen LogP contribution in [0.4, 0.5) is 10.1 Å². The van der Waals surface area contributed by atoms with Gasteiger partial charge in [0.05, 0.1) is 36.4 Å². The van der Waals surface area contributed by atoms with Gasteiger partial charge < -0.3 is 10.2 Å². The molecule has 0 spiro atoms. The minimum absolute atomic E-state index is 0.0725. The van der Waals surface area contributed by atoms with Crippen molar-refractivity contribution >= 4 is 39.1 Å². The number of carbonyl (C=O) groups excluding carboxylic acids is 2. The van der Waals surface area contributed by atoms with Crippen LogP contribution in [-0.4, -0.2) is 59.8 Å². The summed E-state index contributed by atoms with van der Waals surface area (Å²) in [6.45, 7) is 0.279. The second-order valence-electron chi connectivity index (χ2n) is 7.77. The first-order chi connectivity index (χ1) is 16.1. The van der Waals surface area contributed by atoms with Crippen molar-refractivity contribution < 1.29 is 22.4 Å². The Kier molecular flexibility index (Phi) is 6.39. The minimum atomic E-state index is -3.97. The molecule has 0 unspecified atom stereocenters. The molecule has 1 aliphatic rings. The maximum atomic E-state index is 15.2. The van der Waals surface area contributed by atoms with E-state index in [4.69, 9.17) is 11.6 Å². The Balaban J connectivity index is 1.32. The van der Waals surface area contributed by atoms with Crippen LogP contribution >= 0.6 is 11.6 Å². The molecule has 34 heavy (non-hydrogen) atoms. The number of hydrogen-bond acceptors (Lipinski definition) is 6. The zero-order valence-corrected chi connectivity index (χ0v) is 19.5. The highest BCUT2D eigenvalue weighted by atomic mass is 35.5. The van der Waals surface area contributed by atoms with Gasteiger partial charge in [0, 0.05) is 17.6 Å². The number of aromatic nitrogens is 3. The number of nitrogens with one attached hydrogen (secondary N) is 2. The standard InChI is InChI=1S/C21H20ClFN6O4S/c1-14(30)25-16-4-8-18(9-5-16)34(32,33)24-10-20(31)28-12-21(23,13-28)19-11-29(27-26-19)17-6-2-15(22)3-7-17/h2-9,11,24H,10,12-13H2,1H3,(H,25,30). The fourth-order valence-electron chi connectivity index (χ4n) is 3.36. The number of nitrogens with zero attached hydrogens (tertiary/aromatic N) is 4. The highest BCUT2D eigenvalue weighted by molar-refractivity contribution is 7.89. The molecule has 2 aromatic carbocycles. The van der Waals surface area contributed by atoms with Gasteiger partial charge in [0.25, 0.3) is 0 Å². The SMILES string of the molecule is CC(=O)Nc1ccc(S(=O)(=O)NCC(=O)N2CC(F)(c3cn(-c4ccc(Cl)cc4)nn3)C2)cc1. The van der Waals surface area contributed by atoms with Gasteiger partial charge in [-0.15, -0.1) is 5.10 Å². The lowest BCUT2D eigenvalue weighted by molar-refractivity contribution is -0.145. The zero-order valence-electron chi connectivity index (χ0n) is 17.9. The first kappa shape index (κ1) is 23.8. The summed E-state index contributed by atoms with van der Waals surface area (Å²) in [5.41, 5.74) is -0.709. The van der Waals surface area contributed by atoms with E-state index in [0.29, 0.717) is 16.4 Å². The van der Waals surface area contributed by atoms with Gasteiger partial charge in [0.1, 0.15) is 5.69 Å². The van der Waals surface area contributed by atoms with Crippen molar-refractivity contribution in [2.45, 2.75) is 17.5 Å². The van der Waals surface area contributed by atoms with Crippen LogP contribution in [0.1, 0.15) is 12.6 Å². The summed E-state index contributed by atoms with van der Waals surface area (Å²) in [5, 5.41) is 10.9. The monoisotopic (exact) mass is 506 g/mol. The summed E-state index contributed by atoms with van der Waals surface area (Å²) < 4.78 is 43.7. The zero-order chi connectivity index (χ0) is 24.5. The van der Waals surface area contributed by atoms with Crippen LogP contribution in [0.5, 0.6) is 0 Å². The van der Waals surface area contributed by atoms with E-state index in [9.17, 15) is 18.0 Å². The summed E-state index contributed by atoms with van der Waals surface area (Å²) in [4.78, 5) is 24.6. The number of sulfonamides is 1. The molecule has 3 aromatic rings. The van der Waals surface area contributed by atoms with E-state index in [1.54, 1.807) is 24.3 Å². The number of hydrogen-bond donors (Lipinski definition) is 2. The lowest BCUT2D eigenvalue weighted by Gasteiger charge is -2.43. The molecule has 0 bridgehead atoms. The number of carbonyl (C=O) groups is 2. The number of benzene rings is 2. The Morgan fingerprint density at radius 2 is 1.76 bits per heavy atom. The molecule has 0 saturated carbocycles. The lowest BCUT2D eigenvalue weighted by atomic mass is 9.93. The molecule has 13 heteroatoms. The average molecular weight is 507 g/mol. The fourth-order valence-corrected chi connectivity index (χ4v) is 4.46. The largest absolute Gasteiger partial charge is 0.334 e. The Morgan fingerprint density at radius 1 is 1.12 bits per heavy atom. The van der Waals surface area contributed by atoms with E-state index >= 15 is 4.39 Å². The highest BCUT2D eigenvalue weighted by Crippen LogP contribution is 2.35. The van der Waals surface area contributed by atoms with E-state index < -0.39 is 28.1 Å². The van der Waals surface area contributed by atoms with Crippen molar-refractivity contribution in [2.24, 2.45) is 0 Å². The van der Waals surface area contributed by atoms with Gasteiger partial charge in [-0.3, -0.25) is 9.59 Å². The number of halogens is 2. The van der Waals surface area contributed by atoms with Crippen LogP contribution < -0.4 is 10.0 Å². The minimum Gasteiger partial charge on any atom is -0.334 e. The maximum absolute atomic E-state index is 15.2. The van der Waals surface area contributed by atoms with E-state index in [1.165, 1.54) is 47.0 Å². The third-order valence-electron chi connectivity index (χ3n) is 5.18. The van der Waals surface area contributed by atoms with E-state index in [-0.39, 0.29) is 29.6 Å². The van der Waals surface area contributed by atoms with Crippen molar-refractivity contribution in [3.8, 4) is 5.69 Å². The number of amides is 2. The lowest BCUT2D eigenvalue weighted by Crippen LogP contribution is -2.60. The number of rotatable bonds is 7. The summed E-state index contributed by atoms with van der Waals surface area (Å²) >= 11 is 5.87. The summed E-state index contributed by atoms with van der Waals surface area (Å²) in [7, 11) is -3.97. The molecule has 10 nitrogen and oxygen atoms in total. The predicted molar refractivity (Wildman–Crippen MR) is 122 cm³/mol. The molecule has 4 rings (SSSR count). The molecule has 2 amide bonds. The normalized spacial score (nSPS) is 15.0. The quantitative estimate of drug-likeness (QED) is 0.503. The number of anilines is 1. The Morgan fingerprint density at radius 3 is 2.38 bits per heavy atom. The number of likely N-dealkylation sites (tertiary alicyclic amines) is 1. The van der Waals surface area contributed by atoms with Gasteiger partial charge in [-0.25, -0.2) is 22.2 Å². The second kappa shape index (κ2) is 9.12. The third kappa shape index (κ3) is 5.08. The Bertz CT molecular complexity index is 1320. The fraction of sp³-hybridized carbons (Fsp3) is 0.238. The molecular formula is C21H20ClFN6O4S. The smallest absolute Gasteiger partial charge is 0.241 e. The topological polar surface area (TPSA) is 126 Å². The third-order valence-corrected chi connectivity index (χ3v) is 6.85. The van der Waals surface area contributed by atoms with E-state index in [2.05, 4.69) is 20.4 Å². The summed E-state index contributed by atoms with van der Waals surface area (Å²) in [5.74, 6) is -0.859. The first-order valence-corrected chi connectivity index (χ1v) is 11.9. The van der Waals surface area contributed by atoms with Gasteiger partial charge in [-0.1, -0.05) is 16.8 Å². The van der Waals surface area contributed by atoms with Gasteiger partial charge in [0.2, 0.25) is 21.8 Å². The summed E-state index contributed by atoms with van der Waals surface area (Å²) in [6, 6.07) is 12.2. The maximum Gasteiger partial charge on any atom is 0.241 e. The van der Waals surface area contributed by atoms with Gasteiger partial charge in [0.15, 0.2) is 5.67 Å². The van der Waals surface area contributed by atoms with Gasteiger partial charge >= 0.3 is 0 Å². The molecule has 2 N–H and O–H groups in total. The first-order valence-electron chi connectivity index (χ1n) is 10.1. The van der Waals surface area contributed by atoms with Crippen LogP contribution in [0.25, 0.3) is 5.69 Å². The van der Waals surface area contributed by atoms with Crippen molar-refractivity contribution in [2.75, 3.05) is 25.0 Å². The van der Waals surface area contributed by atoms with Crippen LogP contribution in [0, 0.1) is 0 Å². The van der Waals surface area contributed by atoms with Crippen LogP contribution in [0.2, 0.25) is 5.02 Å². The van der Waals surface area contributed by atoms with Crippen LogP contribution in [-0.2, 0) is 25.3 Å². The molecule has 0 radical (unpaired) electrons. The molecule has 178 valence electrons. The Labute approximate surface area is 199 Å². The van der Waals surface area contributed by atoms with E-state index in [0.717, 1.165) is 0 Å². The summed E-state index contributed by atoms with van der Waals surface area (Å²) in [6.07, 6.45) is 1.44. The molecule has 2 heterocycles. The van der Waals surface area contributed by atoms with Crippen molar-refractivity contribution in [1.82, 2.24) is 24.6 Å². The molecule has 1 fully saturated rings. The second-order valence-corrected chi connectivity index (χ2v) is 9.97. The number of alkyl halides is 1. The molecule has 1 aromatic heterocycles. The average Bonchev–Trinajstić information content (AvgIpc) is 3.26. The van der Waals surface area contributed by atoms with Crippen molar-refractivity contribution in [1.29, 1.82) is 0 Å². The van der Waals surface area contributed by atoms with Crippen molar-refractivity contribution in [3.63, 3.8) is 0 Å². The van der Waals surface area contributed by atoms with Crippen molar-refractivity contribution in [3.05, 3.63) is 65.4 Å². The molecule has 0 aliphatic carbocycles. The molecule has 1 aliphatic heterocycles. The van der Waals surface area contributed by atoms with Gasteiger partial charge in [-0.2, -0.15) is 0 Å².